The van der Waals surface area contributed by atoms with E-state index in [1.54, 1.807) is 0 Å². The van der Waals surface area contributed by atoms with E-state index in [1.807, 2.05) is 0 Å². The number of rotatable bonds is 5. The third-order valence-electron chi connectivity index (χ3n) is 3.01. The molecule has 1 N–H and O–H groups in total. The first-order valence-electron chi connectivity index (χ1n) is 6.60. The third kappa shape index (κ3) is 4.59. The zero-order valence-electron chi connectivity index (χ0n) is 11.8. The van der Waals surface area contributed by atoms with E-state index in [0.717, 1.165) is 4.90 Å². The molecule has 9 heteroatoms. The molecule has 1 fully saturated rings. The Morgan fingerprint density at radius 3 is 2.52 bits per heavy atom. The van der Waals surface area contributed by atoms with E-state index in [2.05, 4.69) is 26.0 Å². The Bertz CT molecular complexity index is 663. The normalized spacial score (nSPS) is 14.1. The standard InChI is InChI=1S/C14H12BrFN2O5/c15-8-1-2-10(9(16)5-8)17-11(19)7-23-14(22)6-18-12(20)3-4-13(18)21/h1-2,5H,3-4,6-7H2,(H,17,19). The minimum atomic E-state index is -0.889. The Morgan fingerprint density at radius 2 is 1.91 bits per heavy atom. The van der Waals surface area contributed by atoms with Crippen LogP contribution in [0.2, 0.25) is 0 Å². The molecule has 23 heavy (non-hydrogen) atoms. The number of imide groups is 1. The summed E-state index contributed by atoms with van der Waals surface area (Å²) in [5, 5.41) is 2.24. The van der Waals surface area contributed by atoms with E-state index >= 15 is 0 Å². The van der Waals surface area contributed by atoms with Gasteiger partial charge in [0, 0.05) is 17.3 Å². The molecule has 0 radical (unpaired) electrons. The first-order valence-corrected chi connectivity index (χ1v) is 7.40. The SMILES string of the molecule is O=C(COC(=O)CN1C(=O)CCC1=O)Nc1ccc(Br)cc1F. The van der Waals surface area contributed by atoms with Crippen molar-refractivity contribution in [3.05, 3.63) is 28.5 Å². The second kappa shape index (κ2) is 7.32. The van der Waals surface area contributed by atoms with E-state index in [9.17, 15) is 23.6 Å². The van der Waals surface area contributed by atoms with Crippen LogP contribution in [0, 0.1) is 5.82 Å². The number of nitrogens with one attached hydrogen (secondary N) is 1. The Hall–Kier alpha value is -2.29. The summed E-state index contributed by atoms with van der Waals surface area (Å²) in [7, 11) is 0. The molecule has 1 heterocycles. The second-order valence-corrected chi connectivity index (χ2v) is 5.62. The van der Waals surface area contributed by atoms with Crippen LogP contribution in [0.4, 0.5) is 10.1 Å². The molecule has 1 aromatic rings. The molecule has 0 bridgehead atoms. The molecular weight excluding hydrogens is 375 g/mol. The maximum atomic E-state index is 13.5. The third-order valence-corrected chi connectivity index (χ3v) is 3.50. The number of carbonyl (C=O) groups excluding carboxylic acids is 4. The lowest BCUT2D eigenvalue weighted by Crippen LogP contribution is -2.36. The van der Waals surface area contributed by atoms with Crippen LogP contribution in [0.25, 0.3) is 0 Å². The van der Waals surface area contributed by atoms with E-state index in [-0.39, 0.29) is 18.5 Å². The van der Waals surface area contributed by atoms with Crippen molar-refractivity contribution >= 4 is 45.3 Å². The van der Waals surface area contributed by atoms with Crippen LogP contribution >= 0.6 is 15.9 Å². The van der Waals surface area contributed by atoms with E-state index in [1.165, 1.54) is 18.2 Å². The highest BCUT2D eigenvalue weighted by molar-refractivity contribution is 9.10. The average Bonchev–Trinajstić information content (AvgIpc) is 2.80. The zero-order chi connectivity index (χ0) is 17.0. The molecule has 1 saturated heterocycles. The van der Waals surface area contributed by atoms with Crippen LogP contribution < -0.4 is 5.32 Å². The van der Waals surface area contributed by atoms with Crippen molar-refractivity contribution in [1.29, 1.82) is 0 Å². The quantitative estimate of drug-likeness (QED) is 0.606. The van der Waals surface area contributed by atoms with Gasteiger partial charge in [-0.1, -0.05) is 15.9 Å². The first kappa shape index (κ1) is 17.1. The summed E-state index contributed by atoms with van der Waals surface area (Å²) in [5.41, 5.74) is -0.0563. The van der Waals surface area contributed by atoms with Crippen LogP contribution in [-0.4, -0.2) is 41.7 Å². The predicted octanol–water partition coefficient (Wildman–Crippen LogP) is 1.22. The number of anilines is 1. The first-order chi connectivity index (χ1) is 10.9. The average molecular weight is 387 g/mol. The van der Waals surface area contributed by atoms with Crippen molar-refractivity contribution in [2.45, 2.75) is 12.8 Å². The summed E-state index contributed by atoms with van der Waals surface area (Å²) in [6.45, 7) is -1.18. The van der Waals surface area contributed by atoms with Gasteiger partial charge in [-0.15, -0.1) is 0 Å². The fourth-order valence-corrected chi connectivity index (χ4v) is 2.23. The highest BCUT2D eigenvalue weighted by Crippen LogP contribution is 2.19. The minimum absolute atomic E-state index is 0.0563. The molecule has 0 spiro atoms. The Kier molecular flexibility index (Phi) is 5.43. The monoisotopic (exact) mass is 386 g/mol. The van der Waals surface area contributed by atoms with Gasteiger partial charge in [-0.25, -0.2) is 4.39 Å². The number of hydrogen-bond donors (Lipinski definition) is 1. The van der Waals surface area contributed by atoms with Gasteiger partial charge in [0.1, 0.15) is 12.4 Å². The van der Waals surface area contributed by atoms with E-state index in [0.29, 0.717) is 4.47 Å². The maximum Gasteiger partial charge on any atom is 0.326 e. The summed E-state index contributed by atoms with van der Waals surface area (Å²) < 4.78 is 18.7. The molecule has 3 amide bonds. The highest BCUT2D eigenvalue weighted by atomic mass is 79.9. The van der Waals surface area contributed by atoms with Crippen LogP contribution in [0.1, 0.15) is 12.8 Å². The molecule has 1 aliphatic heterocycles. The van der Waals surface area contributed by atoms with Gasteiger partial charge >= 0.3 is 5.97 Å². The molecule has 0 aromatic heterocycles. The molecule has 0 aliphatic carbocycles. The van der Waals surface area contributed by atoms with Crippen molar-refractivity contribution < 1.29 is 28.3 Å². The smallest absolute Gasteiger partial charge is 0.326 e. The number of ether oxygens (including phenoxy) is 1. The molecule has 7 nitrogen and oxygen atoms in total. The number of esters is 1. The van der Waals surface area contributed by atoms with Crippen LogP contribution in [0.3, 0.4) is 0 Å². The summed E-state index contributed by atoms with van der Waals surface area (Å²) in [5.74, 6) is -3.17. The Balaban J connectivity index is 1.81. The van der Waals surface area contributed by atoms with Gasteiger partial charge in [0.25, 0.3) is 5.91 Å². The van der Waals surface area contributed by atoms with Gasteiger partial charge in [-0.3, -0.25) is 24.1 Å². The fraction of sp³-hybridized carbons (Fsp3) is 0.286. The summed E-state index contributed by atoms with van der Waals surface area (Å²) in [4.78, 5) is 46.6. The molecule has 0 unspecified atom stereocenters. The number of benzene rings is 1. The summed E-state index contributed by atoms with van der Waals surface area (Å²) in [6.07, 6.45) is 0.130. The highest BCUT2D eigenvalue weighted by Gasteiger charge is 2.31. The molecule has 2 rings (SSSR count). The van der Waals surface area contributed by atoms with Crippen molar-refractivity contribution in [3.8, 4) is 0 Å². The molecule has 0 atom stereocenters. The van der Waals surface area contributed by atoms with Crippen molar-refractivity contribution in [1.82, 2.24) is 4.90 Å². The number of amides is 3. The Morgan fingerprint density at radius 1 is 1.26 bits per heavy atom. The molecule has 0 saturated carbocycles. The number of halogens is 2. The minimum Gasteiger partial charge on any atom is -0.454 e. The van der Waals surface area contributed by atoms with Crippen LogP contribution in [0.15, 0.2) is 22.7 Å². The van der Waals surface area contributed by atoms with Gasteiger partial charge in [0.2, 0.25) is 11.8 Å². The number of likely N-dealkylation sites (tertiary alicyclic amines) is 1. The van der Waals surface area contributed by atoms with Gasteiger partial charge in [-0.05, 0) is 18.2 Å². The number of nitrogens with zero attached hydrogens (tertiary/aromatic N) is 1. The van der Waals surface area contributed by atoms with Gasteiger partial charge < -0.3 is 10.1 Å². The number of hydrogen-bond acceptors (Lipinski definition) is 5. The zero-order valence-corrected chi connectivity index (χ0v) is 13.4. The molecule has 1 aliphatic rings. The van der Waals surface area contributed by atoms with Crippen molar-refractivity contribution in [2.24, 2.45) is 0 Å². The molecule has 1 aromatic carbocycles. The summed E-state index contributed by atoms with van der Waals surface area (Å²) in [6, 6.07) is 4.06. The van der Waals surface area contributed by atoms with E-state index < -0.39 is 42.7 Å². The van der Waals surface area contributed by atoms with Crippen molar-refractivity contribution in [2.75, 3.05) is 18.5 Å². The lowest BCUT2D eigenvalue weighted by atomic mass is 10.3. The predicted molar refractivity (Wildman–Crippen MR) is 79.6 cm³/mol. The topological polar surface area (TPSA) is 92.8 Å². The summed E-state index contributed by atoms with van der Waals surface area (Å²) >= 11 is 3.08. The van der Waals surface area contributed by atoms with Crippen LogP contribution in [-0.2, 0) is 23.9 Å². The van der Waals surface area contributed by atoms with Gasteiger partial charge in [0.05, 0.1) is 5.69 Å². The van der Waals surface area contributed by atoms with Crippen LogP contribution in [0.5, 0.6) is 0 Å². The van der Waals surface area contributed by atoms with Crippen molar-refractivity contribution in [3.63, 3.8) is 0 Å². The lowest BCUT2D eigenvalue weighted by molar-refractivity contribution is -0.153. The fourth-order valence-electron chi connectivity index (χ4n) is 1.90. The number of carbonyl (C=O) groups is 4. The Labute approximate surface area is 138 Å². The van der Waals surface area contributed by atoms with Gasteiger partial charge in [-0.2, -0.15) is 0 Å². The lowest BCUT2D eigenvalue weighted by Gasteiger charge is -2.13. The van der Waals surface area contributed by atoms with E-state index in [4.69, 9.17) is 0 Å². The largest absolute Gasteiger partial charge is 0.454 e. The second-order valence-electron chi connectivity index (χ2n) is 4.71. The molecule has 122 valence electrons. The maximum absolute atomic E-state index is 13.5. The molecular formula is C14H12BrFN2O5. The van der Waals surface area contributed by atoms with Gasteiger partial charge in [0.15, 0.2) is 6.61 Å².